The Morgan fingerprint density at radius 3 is 1.50 bits per heavy atom. The van der Waals surface area contributed by atoms with E-state index in [4.69, 9.17) is 0 Å². The summed E-state index contributed by atoms with van der Waals surface area (Å²) < 4.78 is 1.60. The predicted octanol–water partition coefficient (Wildman–Crippen LogP) is 2.26. The molecule has 0 aliphatic rings. The van der Waals surface area contributed by atoms with Gasteiger partial charge in [-0.2, -0.15) is 0 Å². The smallest absolute Gasteiger partial charge is 0.0448 e. The number of nitrogens with zero attached hydrogens (tertiary/aromatic N) is 1. The van der Waals surface area contributed by atoms with Crippen LogP contribution >= 0.6 is 55.2 Å². The van der Waals surface area contributed by atoms with Gasteiger partial charge in [-0.15, -0.1) is 1.17 Å². The Labute approximate surface area is 55.9 Å². The minimum atomic E-state index is 1.60. The Balaban J connectivity index is 2.32. The number of hydrogen-bond acceptors (Lipinski definition) is 1. The highest BCUT2D eigenvalue weighted by atomic mass is 127. The van der Waals surface area contributed by atoms with Gasteiger partial charge in [0.25, 0.3) is 0 Å². The lowest BCUT2D eigenvalue weighted by Crippen LogP contribution is -1.56. The Kier molecular flexibility index (Phi) is 4.05. The van der Waals surface area contributed by atoms with Gasteiger partial charge in [-0.25, -0.2) is 0 Å². The van der Waals surface area contributed by atoms with Crippen LogP contribution in [-0.4, -0.2) is 1.17 Å². The Bertz CT molecular complexity index is 10.8. The normalized spacial score (nSPS) is 9.00. The molecule has 0 aromatic rings. The van der Waals surface area contributed by atoms with E-state index in [1.165, 1.54) is 0 Å². The van der Waals surface area contributed by atoms with Crippen molar-refractivity contribution in [2.45, 2.75) is 0 Å². The lowest BCUT2D eigenvalue weighted by atomic mass is 14.0. The maximum absolute atomic E-state index is 3.01. The second-order valence-corrected chi connectivity index (χ2v) is 6.18. The van der Waals surface area contributed by atoms with Crippen LogP contribution in [0, 0.1) is 0 Å². The van der Waals surface area contributed by atoms with Crippen molar-refractivity contribution >= 4 is 55.2 Å². The topological polar surface area (TPSA) is 3.24 Å². The zero-order valence-electron chi connectivity index (χ0n) is 1.58. The van der Waals surface area contributed by atoms with Gasteiger partial charge in [0.05, 0.1) is 0 Å². The van der Waals surface area contributed by atoms with Gasteiger partial charge < -0.3 is 0 Å². The first-order chi connectivity index (χ1) is 1.73. The van der Waals surface area contributed by atoms with Crippen molar-refractivity contribution in [2.75, 3.05) is 0 Å². The summed E-state index contributed by atoms with van der Waals surface area (Å²) in [5.41, 5.74) is 0. The molecule has 0 atom stereocenters. The Hall–Kier alpha value is 1.65. The van der Waals surface area contributed by atoms with Gasteiger partial charge in [0.2, 0.25) is 0 Å². The first-order valence-corrected chi connectivity index (χ1v) is 2.89. The van der Waals surface area contributed by atoms with Crippen molar-refractivity contribution in [1.82, 2.24) is 1.17 Å². The molecule has 0 saturated carbocycles. The molecule has 0 aromatic heterocycles. The molecule has 0 heterocycles. The van der Waals surface area contributed by atoms with E-state index in [1.807, 2.05) is 22.9 Å². The molecular weight excluding hydrogens is 301 g/mol. The summed E-state index contributed by atoms with van der Waals surface area (Å²) in [5.74, 6) is 0. The van der Waals surface area contributed by atoms with Gasteiger partial charge in [-0.3, -0.25) is 0 Å². The third-order valence-electron chi connectivity index (χ3n) is 0. The SMILES string of the molecule is BrN(Br)I. The Morgan fingerprint density at radius 1 is 1.50 bits per heavy atom. The summed E-state index contributed by atoms with van der Waals surface area (Å²) in [4.78, 5) is 0. The van der Waals surface area contributed by atoms with Gasteiger partial charge in [0, 0.05) is 55.2 Å². The fourth-order valence-corrected chi connectivity index (χ4v) is 0. The largest absolute Gasteiger partial charge is 0.115 e. The molecule has 0 unspecified atom stereocenters. The predicted molar refractivity (Wildman–Crippen MR) is 33.7 cm³/mol. The zero-order valence-corrected chi connectivity index (χ0v) is 6.91. The van der Waals surface area contributed by atoms with Gasteiger partial charge in [0.1, 0.15) is 0 Å². The zero-order chi connectivity index (χ0) is 3.58. The van der Waals surface area contributed by atoms with E-state index in [-0.39, 0.29) is 0 Å². The van der Waals surface area contributed by atoms with Crippen LogP contribution in [0.1, 0.15) is 0 Å². The monoisotopic (exact) mass is 299 g/mol. The summed E-state index contributed by atoms with van der Waals surface area (Å²) in [7, 11) is 0. The van der Waals surface area contributed by atoms with Crippen LogP contribution in [0.5, 0.6) is 0 Å². The van der Waals surface area contributed by atoms with Crippen molar-refractivity contribution in [1.29, 1.82) is 0 Å². The van der Waals surface area contributed by atoms with Crippen molar-refractivity contribution < 1.29 is 0 Å². The molecule has 0 aliphatic carbocycles. The van der Waals surface area contributed by atoms with E-state index in [0.717, 1.165) is 0 Å². The van der Waals surface area contributed by atoms with Crippen LogP contribution in [0.2, 0.25) is 0 Å². The minimum absolute atomic E-state index is 1.60. The molecule has 0 spiro atoms. The molecule has 0 saturated heterocycles. The molecule has 0 radical (unpaired) electrons. The fraction of sp³-hybridized carbons (Fsp3) is 0. The molecule has 4 heavy (non-hydrogen) atoms. The molecule has 0 rings (SSSR count). The van der Waals surface area contributed by atoms with Crippen molar-refractivity contribution in [2.24, 2.45) is 0 Å². The number of hydrogen-bond donors (Lipinski definition) is 0. The number of rotatable bonds is 0. The van der Waals surface area contributed by atoms with E-state index >= 15 is 0 Å². The highest BCUT2D eigenvalue weighted by molar-refractivity contribution is 14.1. The van der Waals surface area contributed by atoms with Gasteiger partial charge in [-0.1, -0.05) is 0 Å². The second-order valence-electron chi connectivity index (χ2n) is 0.192. The lowest BCUT2D eigenvalue weighted by molar-refractivity contribution is 1.49. The van der Waals surface area contributed by atoms with Crippen LogP contribution in [0.25, 0.3) is 0 Å². The third-order valence-corrected chi connectivity index (χ3v) is 0. The van der Waals surface area contributed by atoms with Crippen LogP contribution in [0.3, 0.4) is 0 Å². The van der Waals surface area contributed by atoms with E-state index in [2.05, 4.69) is 32.3 Å². The standard InChI is InChI=1S/Br2IN/c1-4(2)3. The molecule has 1 nitrogen and oxygen atoms in total. The molecule has 0 N–H and O–H groups in total. The van der Waals surface area contributed by atoms with Gasteiger partial charge in [0.15, 0.2) is 0 Å². The first-order valence-electron chi connectivity index (χ1n) is 0.507. The summed E-state index contributed by atoms with van der Waals surface area (Å²) in [6, 6.07) is 0. The van der Waals surface area contributed by atoms with Crippen molar-refractivity contribution in [3.8, 4) is 0 Å². The van der Waals surface area contributed by atoms with E-state index in [0.29, 0.717) is 0 Å². The highest BCUT2D eigenvalue weighted by Crippen LogP contribution is 2.10. The molecular formula is Br2IN. The molecule has 0 aromatic carbocycles. The van der Waals surface area contributed by atoms with E-state index in [1.54, 1.807) is 1.17 Å². The van der Waals surface area contributed by atoms with Gasteiger partial charge >= 0.3 is 0 Å². The minimum Gasteiger partial charge on any atom is -0.115 e. The third kappa shape index (κ3) is 9.41. The summed E-state index contributed by atoms with van der Waals surface area (Å²) in [6.45, 7) is 0. The number of halogens is 3. The summed E-state index contributed by atoms with van der Waals surface area (Å²) >= 11 is 8.02. The second kappa shape index (κ2) is 2.87. The van der Waals surface area contributed by atoms with Crippen LogP contribution in [0.4, 0.5) is 0 Å². The van der Waals surface area contributed by atoms with Crippen LogP contribution < -0.4 is 0 Å². The van der Waals surface area contributed by atoms with E-state index in [9.17, 15) is 0 Å². The molecule has 0 bridgehead atoms. The van der Waals surface area contributed by atoms with Crippen molar-refractivity contribution in [3.05, 3.63) is 0 Å². The molecule has 0 aliphatic heterocycles. The molecule has 4 heteroatoms. The highest BCUT2D eigenvalue weighted by Gasteiger charge is 1.70. The average molecular weight is 301 g/mol. The fourth-order valence-electron chi connectivity index (χ4n) is 0. The molecule has 0 amide bonds. The van der Waals surface area contributed by atoms with Gasteiger partial charge in [-0.05, 0) is 0 Å². The summed E-state index contributed by atoms with van der Waals surface area (Å²) in [5, 5.41) is 0. The Morgan fingerprint density at radius 2 is 1.50 bits per heavy atom. The molecule has 0 fully saturated rings. The quantitative estimate of drug-likeness (QED) is 0.490. The van der Waals surface area contributed by atoms with E-state index < -0.39 is 0 Å². The lowest BCUT2D eigenvalue weighted by Gasteiger charge is -1.77. The van der Waals surface area contributed by atoms with Crippen LogP contribution in [0.15, 0.2) is 0 Å². The maximum atomic E-state index is 3.01. The van der Waals surface area contributed by atoms with Crippen molar-refractivity contribution in [3.63, 3.8) is 0 Å². The molecule has 26 valence electrons. The first kappa shape index (κ1) is 5.65. The average Bonchev–Trinajstić information content (AvgIpc) is 0.811. The maximum Gasteiger partial charge on any atom is 0.0448 e. The summed E-state index contributed by atoms with van der Waals surface area (Å²) in [6.07, 6.45) is 0. The van der Waals surface area contributed by atoms with Crippen LogP contribution in [-0.2, 0) is 0 Å².